The van der Waals surface area contributed by atoms with Gasteiger partial charge in [0.2, 0.25) is 17.7 Å². The van der Waals surface area contributed by atoms with Crippen molar-refractivity contribution in [1.82, 2.24) is 16.0 Å². The van der Waals surface area contributed by atoms with E-state index in [4.69, 9.17) is 21.1 Å². The van der Waals surface area contributed by atoms with Crippen LogP contribution in [0.5, 0.6) is 0 Å². The normalized spacial score (nSPS) is 14.6. The van der Waals surface area contributed by atoms with E-state index in [0.29, 0.717) is 0 Å². The van der Waals surface area contributed by atoms with Crippen LogP contribution in [0, 0.1) is 0 Å². The van der Waals surface area contributed by atoms with E-state index in [9.17, 15) is 33.9 Å². The van der Waals surface area contributed by atoms with Crippen LogP contribution in [0.15, 0.2) is 0 Å². The van der Waals surface area contributed by atoms with Gasteiger partial charge in [-0.15, -0.1) is 0 Å². The first-order valence-corrected chi connectivity index (χ1v) is 8.32. The Kier molecular flexibility index (Phi) is 10.9. The minimum absolute atomic E-state index is 0.349. The standard InChI is InChI=1S/C15H24N4O10/c1-6(20)12(16)14(27)19-7(2-3-10(22)23)13(26)17-5-9(21)18-8(15(28)29)4-11(24)25/h6-8,12,20H,2-5,16H2,1H3,(H,17,26)(H,18,21)(H,19,27)(H,22,23)(H,24,25)(H,28,29). The van der Waals surface area contributed by atoms with Crippen LogP contribution in [-0.4, -0.2) is 86.8 Å². The number of nitrogens with one attached hydrogen (secondary N) is 3. The smallest absolute Gasteiger partial charge is 0.326 e. The van der Waals surface area contributed by atoms with Crippen LogP contribution in [0.4, 0.5) is 0 Å². The molecule has 14 heteroatoms. The maximum Gasteiger partial charge on any atom is 0.326 e. The molecule has 4 atom stereocenters. The van der Waals surface area contributed by atoms with Crippen molar-refractivity contribution in [1.29, 1.82) is 0 Å². The summed E-state index contributed by atoms with van der Waals surface area (Å²) in [5.74, 6) is -7.22. The summed E-state index contributed by atoms with van der Waals surface area (Å²) in [4.78, 5) is 68.0. The summed E-state index contributed by atoms with van der Waals surface area (Å²) < 4.78 is 0. The average molecular weight is 420 g/mol. The molecule has 0 aromatic carbocycles. The van der Waals surface area contributed by atoms with Gasteiger partial charge in [-0.25, -0.2) is 4.79 Å². The maximum atomic E-state index is 12.2. The van der Waals surface area contributed by atoms with Crippen molar-refractivity contribution < 1.29 is 49.2 Å². The summed E-state index contributed by atoms with van der Waals surface area (Å²) in [6.45, 7) is 0.473. The van der Waals surface area contributed by atoms with Gasteiger partial charge < -0.3 is 42.1 Å². The Hall–Kier alpha value is -3.26. The fourth-order valence-electron chi connectivity index (χ4n) is 1.93. The fourth-order valence-corrected chi connectivity index (χ4v) is 1.93. The molecule has 0 aromatic rings. The van der Waals surface area contributed by atoms with Gasteiger partial charge in [0.1, 0.15) is 18.1 Å². The molecule has 0 saturated heterocycles. The molecule has 0 aromatic heterocycles. The Balaban J connectivity index is 4.91. The lowest BCUT2D eigenvalue weighted by molar-refractivity contribution is -0.147. The predicted octanol–water partition coefficient (Wildman–Crippen LogP) is -3.80. The van der Waals surface area contributed by atoms with Gasteiger partial charge in [-0.05, 0) is 13.3 Å². The molecule has 0 aliphatic heterocycles. The summed E-state index contributed by atoms with van der Waals surface area (Å²) >= 11 is 0. The number of carbonyl (C=O) groups is 6. The van der Waals surface area contributed by atoms with E-state index in [0.717, 1.165) is 0 Å². The van der Waals surface area contributed by atoms with Crippen LogP contribution >= 0.6 is 0 Å². The SMILES string of the molecule is CC(O)C(N)C(=O)NC(CCC(=O)O)C(=O)NCC(=O)NC(CC(=O)O)C(=O)O. The zero-order valence-electron chi connectivity index (χ0n) is 15.5. The number of rotatable bonds is 13. The number of aliphatic carboxylic acids is 3. The number of carbonyl (C=O) groups excluding carboxylic acids is 3. The molecule has 164 valence electrons. The summed E-state index contributed by atoms with van der Waals surface area (Å²) in [6.07, 6.45) is -2.98. The van der Waals surface area contributed by atoms with E-state index in [2.05, 4.69) is 10.6 Å². The largest absolute Gasteiger partial charge is 0.481 e. The lowest BCUT2D eigenvalue weighted by Crippen LogP contribution is -2.55. The molecular weight excluding hydrogens is 396 g/mol. The van der Waals surface area contributed by atoms with Gasteiger partial charge in [-0.3, -0.25) is 24.0 Å². The van der Waals surface area contributed by atoms with Crippen molar-refractivity contribution in [2.24, 2.45) is 5.73 Å². The highest BCUT2D eigenvalue weighted by atomic mass is 16.4. The number of hydrogen-bond donors (Lipinski definition) is 8. The van der Waals surface area contributed by atoms with Crippen LogP contribution in [-0.2, 0) is 28.8 Å². The Morgan fingerprint density at radius 1 is 0.897 bits per heavy atom. The highest BCUT2D eigenvalue weighted by Crippen LogP contribution is 2.00. The third-order valence-electron chi connectivity index (χ3n) is 3.54. The third-order valence-corrected chi connectivity index (χ3v) is 3.54. The lowest BCUT2D eigenvalue weighted by atomic mass is 10.1. The Labute approximate surface area is 164 Å². The summed E-state index contributed by atoms with van der Waals surface area (Å²) in [5, 5.41) is 41.6. The Morgan fingerprint density at radius 2 is 1.48 bits per heavy atom. The quantitative estimate of drug-likeness (QED) is 0.143. The molecule has 3 amide bonds. The molecule has 0 bridgehead atoms. The van der Waals surface area contributed by atoms with Crippen LogP contribution < -0.4 is 21.7 Å². The van der Waals surface area contributed by atoms with Gasteiger partial charge in [0.15, 0.2) is 0 Å². The number of aliphatic hydroxyl groups excluding tert-OH is 1. The van der Waals surface area contributed by atoms with Crippen LogP contribution in [0.3, 0.4) is 0 Å². The monoisotopic (exact) mass is 420 g/mol. The molecule has 0 radical (unpaired) electrons. The molecule has 0 fully saturated rings. The van der Waals surface area contributed by atoms with Gasteiger partial charge >= 0.3 is 17.9 Å². The van der Waals surface area contributed by atoms with Crippen molar-refractivity contribution in [2.45, 2.75) is 50.4 Å². The third kappa shape index (κ3) is 10.6. The first-order chi connectivity index (χ1) is 13.3. The van der Waals surface area contributed by atoms with Gasteiger partial charge in [-0.2, -0.15) is 0 Å². The van der Waals surface area contributed by atoms with Crippen molar-refractivity contribution in [3.05, 3.63) is 0 Å². The molecule has 14 nitrogen and oxygen atoms in total. The Morgan fingerprint density at radius 3 is 1.93 bits per heavy atom. The van der Waals surface area contributed by atoms with E-state index in [1.807, 2.05) is 5.32 Å². The van der Waals surface area contributed by atoms with E-state index in [1.165, 1.54) is 6.92 Å². The van der Waals surface area contributed by atoms with E-state index < -0.39 is 79.2 Å². The molecule has 9 N–H and O–H groups in total. The number of aliphatic hydroxyl groups is 1. The fraction of sp³-hybridized carbons (Fsp3) is 0.600. The van der Waals surface area contributed by atoms with Crippen molar-refractivity contribution in [2.75, 3.05) is 6.54 Å². The second kappa shape index (κ2) is 12.2. The van der Waals surface area contributed by atoms with E-state index in [-0.39, 0.29) is 6.42 Å². The molecule has 0 rings (SSSR count). The van der Waals surface area contributed by atoms with Gasteiger partial charge in [0.25, 0.3) is 0 Å². The topological polar surface area (TPSA) is 245 Å². The second-order valence-electron chi connectivity index (χ2n) is 6.03. The summed E-state index contributed by atoms with van der Waals surface area (Å²) in [7, 11) is 0. The van der Waals surface area contributed by atoms with Gasteiger partial charge in [0, 0.05) is 6.42 Å². The number of amides is 3. The molecule has 29 heavy (non-hydrogen) atoms. The number of hydrogen-bond acceptors (Lipinski definition) is 8. The van der Waals surface area contributed by atoms with Crippen molar-refractivity contribution in [3.63, 3.8) is 0 Å². The average Bonchev–Trinajstić information content (AvgIpc) is 2.60. The zero-order valence-corrected chi connectivity index (χ0v) is 15.5. The molecule has 0 spiro atoms. The van der Waals surface area contributed by atoms with Crippen LogP contribution in [0.25, 0.3) is 0 Å². The summed E-state index contributed by atoms with van der Waals surface area (Å²) in [5.41, 5.74) is 5.43. The molecule has 0 saturated carbocycles. The molecule has 0 aliphatic rings. The zero-order chi connectivity index (χ0) is 22.7. The van der Waals surface area contributed by atoms with Crippen molar-refractivity contribution >= 4 is 35.6 Å². The first kappa shape index (κ1) is 25.7. The first-order valence-electron chi connectivity index (χ1n) is 8.32. The maximum absolute atomic E-state index is 12.2. The molecule has 4 unspecified atom stereocenters. The van der Waals surface area contributed by atoms with Gasteiger partial charge in [0.05, 0.1) is 19.1 Å². The molecular formula is C15H24N4O10. The number of carboxylic acid groups (broad SMARTS) is 3. The predicted molar refractivity (Wildman–Crippen MR) is 93.3 cm³/mol. The second-order valence-corrected chi connectivity index (χ2v) is 6.03. The summed E-state index contributed by atoms with van der Waals surface area (Å²) in [6, 6.07) is -4.50. The highest BCUT2D eigenvalue weighted by molar-refractivity contribution is 5.93. The van der Waals surface area contributed by atoms with Crippen LogP contribution in [0.2, 0.25) is 0 Å². The van der Waals surface area contributed by atoms with E-state index >= 15 is 0 Å². The Bertz CT molecular complexity index is 651. The number of nitrogens with two attached hydrogens (primary N) is 1. The molecule has 0 heterocycles. The van der Waals surface area contributed by atoms with Crippen molar-refractivity contribution in [3.8, 4) is 0 Å². The lowest BCUT2D eigenvalue weighted by Gasteiger charge is -2.21. The molecule has 0 aliphatic carbocycles. The minimum atomic E-state index is -1.72. The van der Waals surface area contributed by atoms with Crippen LogP contribution in [0.1, 0.15) is 26.2 Å². The van der Waals surface area contributed by atoms with Gasteiger partial charge in [-0.1, -0.05) is 0 Å². The highest BCUT2D eigenvalue weighted by Gasteiger charge is 2.27. The minimum Gasteiger partial charge on any atom is -0.481 e. The number of carboxylic acids is 3. The van der Waals surface area contributed by atoms with E-state index in [1.54, 1.807) is 0 Å².